The standard InChI is InChI=1S/C12H24N2O2S2/c1-3-12(2,11(13)17)14-18(15,16)9-10-7-5-4-6-8-10/h10,14H,3-9H2,1-2H3,(H2,13,17). The van der Waals surface area contributed by atoms with E-state index >= 15 is 0 Å². The van der Waals surface area contributed by atoms with Crippen LogP contribution < -0.4 is 10.5 Å². The normalized spacial score (nSPS) is 21.4. The van der Waals surface area contributed by atoms with E-state index in [1.807, 2.05) is 6.92 Å². The predicted molar refractivity (Wildman–Crippen MR) is 79.0 cm³/mol. The molecule has 1 aliphatic rings. The van der Waals surface area contributed by atoms with Crippen LogP contribution in [-0.2, 0) is 10.0 Å². The van der Waals surface area contributed by atoms with Crippen LogP contribution in [0.15, 0.2) is 0 Å². The lowest BCUT2D eigenvalue weighted by Gasteiger charge is -2.29. The minimum Gasteiger partial charge on any atom is -0.392 e. The zero-order chi connectivity index (χ0) is 13.8. The summed E-state index contributed by atoms with van der Waals surface area (Å²) in [4.78, 5) is 0.206. The Hall–Kier alpha value is -0.200. The second-order valence-corrected chi connectivity index (χ2v) is 7.64. The lowest BCUT2D eigenvalue weighted by atomic mass is 9.91. The van der Waals surface area contributed by atoms with Crippen molar-refractivity contribution >= 4 is 27.2 Å². The van der Waals surface area contributed by atoms with Gasteiger partial charge in [0.15, 0.2) is 0 Å². The summed E-state index contributed by atoms with van der Waals surface area (Å²) in [5.74, 6) is 0.481. The topological polar surface area (TPSA) is 72.2 Å². The summed E-state index contributed by atoms with van der Waals surface area (Å²) in [6.07, 6.45) is 6.09. The van der Waals surface area contributed by atoms with E-state index in [-0.39, 0.29) is 16.7 Å². The fraction of sp³-hybridized carbons (Fsp3) is 0.917. The number of sulfonamides is 1. The fourth-order valence-corrected chi connectivity index (χ4v) is 4.58. The van der Waals surface area contributed by atoms with Gasteiger partial charge in [0.25, 0.3) is 0 Å². The molecule has 0 spiro atoms. The Morgan fingerprint density at radius 1 is 1.39 bits per heavy atom. The second-order valence-electron chi connectivity index (χ2n) is 5.44. The molecule has 1 aliphatic carbocycles. The van der Waals surface area contributed by atoms with Crippen molar-refractivity contribution < 1.29 is 8.42 Å². The highest BCUT2D eigenvalue weighted by Crippen LogP contribution is 2.25. The molecule has 1 saturated carbocycles. The number of rotatable bonds is 6. The molecule has 0 aliphatic heterocycles. The average molecular weight is 292 g/mol. The summed E-state index contributed by atoms with van der Waals surface area (Å²) in [6, 6.07) is 0. The Kier molecular flexibility index (Phi) is 5.55. The van der Waals surface area contributed by atoms with Gasteiger partial charge in [0.1, 0.15) is 0 Å². The number of hydrogen-bond acceptors (Lipinski definition) is 3. The quantitative estimate of drug-likeness (QED) is 0.734. The molecule has 18 heavy (non-hydrogen) atoms. The lowest BCUT2D eigenvalue weighted by molar-refractivity contribution is 0.382. The van der Waals surface area contributed by atoms with Gasteiger partial charge in [-0.3, -0.25) is 0 Å². The first-order valence-corrected chi connectivity index (χ1v) is 8.66. The molecule has 0 aromatic heterocycles. The molecule has 0 aromatic rings. The molecular weight excluding hydrogens is 268 g/mol. The maximum atomic E-state index is 12.2. The number of nitrogens with two attached hydrogens (primary N) is 1. The number of nitrogens with one attached hydrogen (secondary N) is 1. The number of hydrogen-bond donors (Lipinski definition) is 2. The molecule has 6 heteroatoms. The molecule has 0 heterocycles. The average Bonchev–Trinajstić information content (AvgIpc) is 2.28. The third-order valence-electron chi connectivity index (χ3n) is 3.81. The maximum absolute atomic E-state index is 12.2. The molecule has 0 amide bonds. The molecule has 0 aromatic carbocycles. The first kappa shape index (κ1) is 15.9. The minimum atomic E-state index is -3.31. The molecule has 1 atom stereocenters. The Balaban J connectivity index is 2.66. The van der Waals surface area contributed by atoms with E-state index in [0.717, 1.165) is 25.7 Å². The highest BCUT2D eigenvalue weighted by Gasteiger charge is 2.32. The van der Waals surface area contributed by atoms with E-state index in [2.05, 4.69) is 4.72 Å². The lowest BCUT2D eigenvalue weighted by Crippen LogP contribution is -2.54. The molecular formula is C12H24N2O2S2. The molecule has 106 valence electrons. The zero-order valence-electron chi connectivity index (χ0n) is 11.2. The molecule has 0 bridgehead atoms. The van der Waals surface area contributed by atoms with E-state index in [0.29, 0.717) is 6.42 Å². The van der Waals surface area contributed by atoms with Crippen LogP contribution in [0.1, 0.15) is 52.4 Å². The van der Waals surface area contributed by atoms with Gasteiger partial charge in [-0.1, -0.05) is 38.4 Å². The van der Waals surface area contributed by atoms with E-state index < -0.39 is 15.6 Å². The summed E-state index contributed by atoms with van der Waals surface area (Å²) in [7, 11) is -3.31. The van der Waals surface area contributed by atoms with Gasteiger partial charge in [-0.15, -0.1) is 0 Å². The van der Waals surface area contributed by atoms with Crippen molar-refractivity contribution in [3.63, 3.8) is 0 Å². The molecule has 1 rings (SSSR count). The van der Waals surface area contributed by atoms with Crippen LogP contribution in [0, 0.1) is 5.92 Å². The van der Waals surface area contributed by atoms with Crippen molar-refractivity contribution in [2.24, 2.45) is 11.7 Å². The van der Waals surface area contributed by atoms with E-state index in [1.54, 1.807) is 6.92 Å². The minimum absolute atomic E-state index is 0.200. The number of thiocarbonyl (C=S) groups is 1. The monoisotopic (exact) mass is 292 g/mol. The van der Waals surface area contributed by atoms with Gasteiger partial charge in [-0.05, 0) is 32.1 Å². The summed E-state index contributed by atoms with van der Waals surface area (Å²) < 4.78 is 27.0. The van der Waals surface area contributed by atoms with Crippen molar-refractivity contribution in [3.05, 3.63) is 0 Å². The zero-order valence-corrected chi connectivity index (χ0v) is 12.9. The Labute approximate surface area is 116 Å². The summed E-state index contributed by atoms with van der Waals surface area (Å²) in [6.45, 7) is 3.62. The SMILES string of the molecule is CCC(C)(NS(=O)(=O)CC1CCCCC1)C(N)=S. The predicted octanol–water partition coefficient (Wildman–Crippen LogP) is 1.94. The third-order valence-corrected chi connectivity index (χ3v) is 5.93. The maximum Gasteiger partial charge on any atom is 0.212 e. The van der Waals surface area contributed by atoms with Crippen LogP contribution in [0.5, 0.6) is 0 Å². The van der Waals surface area contributed by atoms with Crippen LogP contribution in [0.4, 0.5) is 0 Å². The first-order chi connectivity index (χ1) is 8.29. The smallest absolute Gasteiger partial charge is 0.212 e. The van der Waals surface area contributed by atoms with Crippen molar-refractivity contribution in [1.29, 1.82) is 0 Å². The third kappa shape index (κ3) is 4.48. The van der Waals surface area contributed by atoms with Gasteiger partial charge in [-0.25, -0.2) is 13.1 Å². The van der Waals surface area contributed by atoms with Crippen LogP contribution in [0.2, 0.25) is 0 Å². The van der Waals surface area contributed by atoms with Crippen LogP contribution >= 0.6 is 12.2 Å². The Morgan fingerprint density at radius 2 is 1.94 bits per heavy atom. The van der Waals surface area contributed by atoms with Crippen LogP contribution in [0.25, 0.3) is 0 Å². The van der Waals surface area contributed by atoms with Gasteiger partial charge < -0.3 is 5.73 Å². The largest absolute Gasteiger partial charge is 0.392 e. The van der Waals surface area contributed by atoms with Gasteiger partial charge in [0.2, 0.25) is 10.0 Å². The van der Waals surface area contributed by atoms with Crippen molar-refractivity contribution in [2.75, 3.05) is 5.75 Å². The van der Waals surface area contributed by atoms with Crippen LogP contribution in [0.3, 0.4) is 0 Å². The fourth-order valence-electron chi connectivity index (χ4n) is 2.35. The highest BCUT2D eigenvalue weighted by molar-refractivity contribution is 7.89. The van der Waals surface area contributed by atoms with Crippen molar-refractivity contribution in [2.45, 2.75) is 57.9 Å². The summed E-state index contributed by atoms with van der Waals surface area (Å²) in [5.41, 5.74) is 4.82. The van der Waals surface area contributed by atoms with Crippen molar-refractivity contribution in [1.82, 2.24) is 4.72 Å². The second kappa shape index (κ2) is 6.30. The van der Waals surface area contributed by atoms with Gasteiger partial charge >= 0.3 is 0 Å². The van der Waals surface area contributed by atoms with E-state index in [4.69, 9.17) is 18.0 Å². The molecule has 0 saturated heterocycles. The highest BCUT2D eigenvalue weighted by atomic mass is 32.2. The van der Waals surface area contributed by atoms with Crippen molar-refractivity contribution in [3.8, 4) is 0 Å². The summed E-state index contributed by atoms with van der Waals surface area (Å²) in [5, 5.41) is 0. The molecule has 3 N–H and O–H groups in total. The van der Waals surface area contributed by atoms with Crippen LogP contribution in [-0.4, -0.2) is 24.7 Å². The van der Waals surface area contributed by atoms with Gasteiger partial charge in [-0.2, -0.15) is 0 Å². The Morgan fingerprint density at radius 3 is 2.39 bits per heavy atom. The first-order valence-electron chi connectivity index (χ1n) is 6.60. The van der Waals surface area contributed by atoms with Gasteiger partial charge in [0, 0.05) is 0 Å². The molecule has 4 nitrogen and oxygen atoms in total. The Bertz CT molecular complexity index is 389. The molecule has 1 unspecified atom stereocenters. The van der Waals surface area contributed by atoms with Gasteiger partial charge in [0.05, 0.1) is 16.3 Å². The molecule has 1 fully saturated rings. The van der Waals surface area contributed by atoms with E-state index in [1.165, 1.54) is 6.42 Å². The summed E-state index contributed by atoms with van der Waals surface area (Å²) >= 11 is 4.95. The van der Waals surface area contributed by atoms with E-state index in [9.17, 15) is 8.42 Å². The molecule has 0 radical (unpaired) electrons.